The zero-order chi connectivity index (χ0) is 21.9. The third-order valence-corrected chi connectivity index (χ3v) is 7.90. The van der Waals surface area contributed by atoms with Gasteiger partial charge < -0.3 is 10.2 Å². The number of benzene rings is 2. The fourth-order valence-corrected chi connectivity index (χ4v) is 5.09. The zero-order valence-electron chi connectivity index (χ0n) is 17.5. The van der Waals surface area contributed by atoms with Crippen LogP contribution in [0.2, 0.25) is 5.02 Å². The summed E-state index contributed by atoms with van der Waals surface area (Å²) < 4.78 is 26.8. The van der Waals surface area contributed by atoms with Gasteiger partial charge in [0.15, 0.2) is 0 Å². The maximum absolute atomic E-state index is 12.7. The Morgan fingerprint density at radius 3 is 2.60 bits per heavy atom. The molecule has 1 atom stereocenters. The monoisotopic (exact) mass is 449 g/mol. The molecule has 2 aromatic carbocycles. The van der Waals surface area contributed by atoms with Crippen LogP contribution in [0.5, 0.6) is 0 Å². The summed E-state index contributed by atoms with van der Waals surface area (Å²) in [6, 6.07) is 14.3. The van der Waals surface area contributed by atoms with E-state index in [1.54, 1.807) is 13.8 Å². The van der Waals surface area contributed by atoms with Crippen LogP contribution in [0.1, 0.15) is 30.6 Å². The van der Waals surface area contributed by atoms with Crippen LogP contribution in [0.15, 0.2) is 53.4 Å². The van der Waals surface area contributed by atoms with Gasteiger partial charge >= 0.3 is 0 Å². The first-order chi connectivity index (χ1) is 14.2. The molecular formula is C22H28ClN3O3S. The molecule has 0 spiro atoms. The summed E-state index contributed by atoms with van der Waals surface area (Å²) in [5.74, 6) is -0.0330. The van der Waals surface area contributed by atoms with Gasteiger partial charge in [0, 0.05) is 38.4 Å². The second-order valence-electron chi connectivity index (χ2n) is 7.90. The van der Waals surface area contributed by atoms with Gasteiger partial charge in [-0.25, -0.2) is 8.42 Å². The summed E-state index contributed by atoms with van der Waals surface area (Å²) in [7, 11) is -2.17. The number of para-hydroxylation sites is 1. The lowest BCUT2D eigenvalue weighted by atomic mass is 10.1. The summed E-state index contributed by atoms with van der Waals surface area (Å²) in [5.41, 5.74) is 1.36. The van der Waals surface area contributed by atoms with Crippen molar-refractivity contribution in [2.45, 2.75) is 31.2 Å². The molecule has 1 saturated heterocycles. The van der Waals surface area contributed by atoms with E-state index < -0.39 is 10.0 Å². The molecule has 30 heavy (non-hydrogen) atoms. The first kappa shape index (κ1) is 22.6. The summed E-state index contributed by atoms with van der Waals surface area (Å²) >= 11 is 6.20. The van der Waals surface area contributed by atoms with E-state index in [0.717, 1.165) is 19.5 Å². The quantitative estimate of drug-likeness (QED) is 0.700. The molecule has 162 valence electrons. The van der Waals surface area contributed by atoms with Crippen molar-refractivity contribution < 1.29 is 13.2 Å². The van der Waals surface area contributed by atoms with E-state index in [1.807, 2.05) is 18.2 Å². The molecule has 2 aromatic rings. The molecule has 0 aliphatic carbocycles. The number of nitrogens with one attached hydrogen (secondary N) is 1. The Labute approximate surface area is 183 Å². The Bertz CT molecular complexity index is 996. The summed E-state index contributed by atoms with van der Waals surface area (Å²) in [6.07, 6.45) is 0.983. The van der Waals surface area contributed by atoms with E-state index >= 15 is 0 Å². The minimum Gasteiger partial charge on any atom is -0.371 e. The molecule has 6 nitrogen and oxygen atoms in total. The molecule has 1 heterocycles. The standard InChI is InChI=1S/C22H28ClN3O3S/c1-16(2)25(3)30(28,29)19-9-10-21(23)20(13-19)22(27)24-14-17-11-12-26(15-17)18-7-5-4-6-8-18/h4-10,13,16-17H,11-12,14-15H2,1-3H3,(H,24,27). The first-order valence-corrected chi connectivity index (χ1v) is 11.9. The molecule has 3 rings (SSSR count). The van der Waals surface area contributed by atoms with Gasteiger partial charge in [-0.15, -0.1) is 0 Å². The Morgan fingerprint density at radius 1 is 1.23 bits per heavy atom. The predicted molar refractivity (Wildman–Crippen MR) is 121 cm³/mol. The second-order valence-corrected chi connectivity index (χ2v) is 10.3. The molecule has 0 saturated carbocycles. The van der Waals surface area contributed by atoms with E-state index in [9.17, 15) is 13.2 Å². The van der Waals surface area contributed by atoms with Crippen molar-refractivity contribution in [1.82, 2.24) is 9.62 Å². The molecule has 0 bridgehead atoms. The third kappa shape index (κ3) is 4.96. The molecule has 0 radical (unpaired) electrons. The number of hydrogen-bond acceptors (Lipinski definition) is 4. The highest BCUT2D eigenvalue weighted by molar-refractivity contribution is 7.89. The third-order valence-electron chi connectivity index (χ3n) is 5.55. The van der Waals surface area contributed by atoms with Gasteiger partial charge in [-0.3, -0.25) is 4.79 Å². The first-order valence-electron chi connectivity index (χ1n) is 10.1. The largest absolute Gasteiger partial charge is 0.371 e. The van der Waals surface area contributed by atoms with Crippen molar-refractivity contribution in [2.24, 2.45) is 5.92 Å². The number of hydrogen-bond donors (Lipinski definition) is 1. The van der Waals surface area contributed by atoms with E-state index in [-0.39, 0.29) is 27.4 Å². The molecule has 1 aliphatic rings. The molecule has 1 fully saturated rings. The van der Waals surface area contributed by atoms with Crippen LogP contribution in [0, 0.1) is 5.92 Å². The van der Waals surface area contributed by atoms with E-state index in [0.29, 0.717) is 12.5 Å². The zero-order valence-corrected chi connectivity index (χ0v) is 19.1. The van der Waals surface area contributed by atoms with Crippen molar-refractivity contribution in [1.29, 1.82) is 0 Å². The van der Waals surface area contributed by atoms with Gasteiger partial charge in [-0.2, -0.15) is 4.31 Å². The predicted octanol–water partition coefficient (Wildman–Crippen LogP) is 3.63. The molecular weight excluding hydrogens is 422 g/mol. The van der Waals surface area contributed by atoms with Crippen molar-refractivity contribution in [2.75, 3.05) is 31.6 Å². The molecule has 1 unspecified atom stereocenters. The van der Waals surface area contributed by atoms with Crippen LogP contribution in [-0.4, -0.2) is 51.4 Å². The number of carbonyl (C=O) groups excluding carboxylic acids is 1. The number of amides is 1. The lowest BCUT2D eigenvalue weighted by Crippen LogP contribution is -2.34. The minimum atomic E-state index is -3.69. The Morgan fingerprint density at radius 2 is 1.93 bits per heavy atom. The maximum Gasteiger partial charge on any atom is 0.252 e. The van der Waals surface area contributed by atoms with Crippen molar-refractivity contribution in [3.63, 3.8) is 0 Å². The number of halogens is 1. The van der Waals surface area contributed by atoms with Gasteiger partial charge in [-0.05, 0) is 56.5 Å². The number of rotatable bonds is 7. The molecule has 8 heteroatoms. The maximum atomic E-state index is 12.7. The van der Waals surface area contributed by atoms with Gasteiger partial charge in [0.2, 0.25) is 10.0 Å². The normalized spacial score (nSPS) is 17.0. The lowest BCUT2D eigenvalue weighted by Gasteiger charge is -2.21. The Balaban J connectivity index is 1.66. The van der Waals surface area contributed by atoms with E-state index in [2.05, 4.69) is 22.3 Å². The number of anilines is 1. The Hall–Kier alpha value is -2.09. The topological polar surface area (TPSA) is 69.7 Å². The number of nitrogens with zero attached hydrogens (tertiary/aromatic N) is 2. The summed E-state index contributed by atoms with van der Waals surface area (Å²) in [4.78, 5) is 15.1. The highest BCUT2D eigenvalue weighted by Gasteiger charge is 2.26. The van der Waals surface area contributed by atoms with Crippen LogP contribution < -0.4 is 10.2 Å². The van der Waals surface area contributed by atoms with Crippen molar-refractivity contribution in [3.05, 3.63) is 59.1 Å². The molecule has 1 aliphatic heterocycles. The van der Waals surface area contributed by atoms with Crippen LogP contribution in [-0.2, 0) is 10.0 Å². The molecule has 0 aromatic heterocycles. The van der Waals surface area contributed by atoms with Gasteiger partial charge in [-0.1, -0.05) is 29.8 Å². The average molecular weight is 450 g/mol. The smallest absolute Gasteiger partial charge is 0.252 e. The van der Waals surface area contributed by atoms with Crippen molar-refractivity contribution >= 4 is 33.2 Å². The highest BCUT2D eigenvalue weighted by atomic mass is 35.5. The van der Waals surface area contributed by atoms with Crippen molar-refractivity contribution in [3.8, 4) is 0 Å². The van der Waals surface area contributed by atoms with Gasteiger partial charge in [0.1, 0.15) is 0 Å². The van der Waals surface area contributed by atoms with Crippen LogP contribution in [0.3, 0.4) is 0 Å². The van der Waals surface area contributed by atoms with Gasteiger partial charge in [0.25, 0.3) is 5.91 Å². The summed E-state index contributed by atoms with van der Waals surface area (Å²) in [6.45, 7) is 5.91. The average Bonchev–Trinajstić information content (AvgIpc) is 3.21. The number of sulfonamides is 1. The minimum absolute atomic E-state index is 0.0596. The molecule has 1 N–H and O–H groups in total. The van der Waals surface area contributed by atoms with Crippen LogP contribution >= 0.6 is 11.6 Å². The van der Waals surface area contributed by atoms with Crippen LogP contribution in [0.4, 0.5) is 5.69 Å². The SMILES string of the molecule is CC(C)N(C)S(=O)(=O)c1ccc(Cl)c(C(=O)NCC2CCN(c3ccccc3)C2)c1. The second kappa shape index (κ2) is 9.37. The summed E-state index contributed by atoms with van der Waals surface area (Å²) in [5, 5.41) is 3.16. The number of carbonyl (C=O) groups is 1. The highest BCUT2D eigenvalue weighted by Crippen LogP contribution is 2.25. The van der Waals surface area contributed by atoms with Crippen LogP contribution in [0.25, 0.3) is 0 Å². The fraction of sp³-hybridized carbons (Fsp3) is 0.409. The van der Waals surface area contributed by atoms with Gasteiger partial charge in [0.05, 0.1) is 15.5 Å². The lowest BCUT2D eigenvalue weighted by molar-refractivity contribution is 0.0948. The van der Waals surface area contributed by atoms with E-state index in [1.165, 1.54) is 35.2 Å². The van der Waals surface area contributed by atoms with E-state index in [4.69, 9.17) is 11.6 Å². The fourth-order valence-electron chi connectivity index (χ4n) is 3.49. The molecule has 1 amide bonds. The Kier molecular flexibility index (Phi) is 7.06.